The van der Waals surface area contributed by atoms with Crippen molar-refractivity contribution in [2.24, 2.45) is 0 Å². The van der Waals surface area contributed by atoms with Gasteiger partial charge in [-0.2, -0.15) is 10.4 Å². The third-order valence-corrected chi connectivity index (χ3v) is 5.58. The number of aryl methyl sites for hydroxylation is 2. The van der Waals surface area contributed by atoms with Gasteiger partial charge >= 0.3 is 0 Å². The fraction of sp³-hybridized carbons (Fsp3) is 0.318. The maximum Gasteiger partial charge on any atom is 0.226 e. The van der Waals surface area contributed by atoms with Crippen LogP contribution in [-0.2, 0) is 22.6 Å². The molecule has 2 aromatic heterocycles. The van der Waals surface area contributed by atoms with E-state index in [1.54, 1.807) is 0 Å². The molecular weight excluding hydrogens is 412 g/mol. The second-order valence-electron chi connectivity index (χ2n) is 7.13. The molecule has 160 valence electrons. The van der Waals surface area contributed by atoms with Crippen molar-refractivity contribution < 1.29 is 9.59 Å². The minimum Gasteiger partial charge on any atom is -0.326 e. The number of carbonyl (C=O) groups excluding carboxylic acids is 2. The number of aromatic nitrogens is 3. The second-order valence-corrected chi connectivity index (χ2v) is 7.98. The van der Waals surface area contributed by atoms with Crippen LogP contribution < -0.4 is 10.6 Å². The third kappa shape index (κ3) is 5.77. The molecule has 0 saturated heterocycles. The zero-order chi connectivity index (χ0) is 22.4. The summed E-state index contributed by atoms with van der Waals surface area (Å²) < 4.78 is 1.83. The predicted molar refractivity (Wildman–Crippen MR) is 121 cm³/mol. The number of nitriles is 1. The molecule has 2 heterocycles. The number of nitrogens with one attached hydrogen (secondary N) is 2. The first kappa shape index (κ1) is 22.2. The highest BCUT2D eigenvalue weighted by molar-refractivity contribution is 7.14. The zero-order valence-corrected chi connectivity index (χ0v) is 18.5. The lowest BCUT2D eigenvalue weighted by Crippen LogP contribution is -2.12. The number of amides is 2. The number of anilines is 2. The van der Waals surface area contributed by atoms with E-state index in [2.05, 4.69) is 26.8 Å². The highest BCUT2D eigenvalue weighted by Gasteiger charge is 2.14. The van der Waals surface area contributed by atoms with Crippen molar-refractivity contribution in [2.45, 2.75) is 46.6 Å². The van der Waals surface area contributed by atoms with Crippen LogP contribution in [0.4, 0.5) is 10.8 Å². The molecule has 2 N–H and O–H groups in total. The number of benzene rings is 1. The standard InChI is InChI=1S/C22H24N6O2S/c1-14-19(15(2)28(27-14)12-4-11-23)9-10-21(30)26-22-25-20(13-31-22)17-5-7-18(8-6-17)24-16(3)29/h5-8,13H,4,9-10,12H2,1-3H3,(H,24,29)(H,25,26,30). The minimum absolute atomic E-state index is 0.106. The quantitative estimate of drug-likeness (QED) is 0.553. The summed E-state index contributed by atoms with van der Waals surface area (Å²) in [6.07, 6.45) is 1.31. The van der Waals surface area contributed by atoms with Crippen LogP contribution in [0.2, 0.25) is 0 Å². The summed E-state index contributed by atoms with van der Waals surface area (Å²) in [5, 5.41) is 21.3. The number of rotatable bonds is 8. The van der Waals surface area contributed by atoms with Crippen LogP contribution in [0.25, 0.3) is 11.3 Å². The van der Waals surface area contributed by atoms with Gasteiger partial charge in [-0.05, 0) is 38.0 Å². The normalized spacial score (nSPS) is 10.5. The Hall–Kier alpha value is -3.51. The second kappa shape index (κ2) is 10.00. The van der Waals surface area contributed by atoms with Gasteiger partial charge in [0.05, 0.1) is 30.4 Å². The molecule has 0 aliphatic heterocycles. The average molecular weight is 437 g/mol. The molecule has 0 atom stereocenters. The molecule has 0 spiro atoms. The molecule has 0 bridgehead atoms. The van der Waals surface area contributed by atoms with Gasteiger partial charge in [0.25, 0.3) is 0 Å². The van der Waals surface area contributed by atoms with Gasteiger partial charge in [-0.3, -0.25) is 14.3 Å². The molecule has 0 aliphatic rings. The molecule has 8 nitrogen and oxygen atoms in total. The monoisotopic (exact) mass is 436 g/mol. The SMILES string of the molecule is CC(=O)Nc1ccc(-c2csc(NC(=O)CCc3c(C)nn(CCC#N)c3C)n2)cc1. The number of hydrogen-bond acceptors (Lipinski definition) is 6. The molecule has 0 aliphatic carbocycles. The number of thiazole rings is 1. The summed E-state index contributed by atoms with van der Waals surface area (Å²) in [4.78, 5) is 28.0. The van der Waals surface area contributed by atoms with Crippen LogP contribution in [0, 0.1) is 25.2 Å². The predicted octanol–water partition coefficient (Wildman–Crippen LogP) is 4.07. The lowest BCUT2D eigenvalue weighted by Gasteiger charge is -2.04. The Balaban J connectivity index is 1.57. The fourth-order valence-corrected chi connectivity index (χ4v) is 4.02. The highest BCUT2D eigenvalue weighted by atomic mass is 32.1. The Kier molecular flexibility index (Phi) is 7.15. The van der Waals surface area contributed by atoms with Crippen LogP contribution in [-0.4, -0.2) is 26.6 Å². The fourth-order valence-electron chi connectivity index (χ4n) is 3.28. The Morgan fingerprint density at radius 1 is 1.19 bits per heavy atom. The lowest BCUT2D eigenvalue weighted by molar-refractivity contribution is -0.116. The van der Waals surface area contributed by atoms with E-state index in [1.165, 1.54) is 18.3 Å². The van der Waals surface area contributed by atoms with Crippen LogP contribution in [0.1, 0.15) is 36.7 Å². The molecule has 0 unspecified atom stereocenters. The largest absolute Gasteiger partial charge is 0.326 e. The molecule has 0 fully saturated rings. The first-order valence-corrected chi connectivity index (χ1v) is 10.8. The number of carbonyl (C=O) groups is 2. The van der Waals surface area contributed by atoms with Crippen LogP contribution in [0.15, 0.2) is 29.6 Å². The van der Waals surface area contributed by atoms with E-state index >= 15 is 0 Å². The van der Waals surface area contributed by atoms with Gasteiger partial charge in [0.1, 0.15) is 0 Å². The summed E-state index contributed by atoms with van der Waals surface area (Å²) >= 11 is 1.37. The molecule has 2 amide bonds. The Bertz CT molecular complexity index is 1120. The highest BCUT2D eigenvalue weighted by Crippen LogP contribution is 2.26. The molecule has 9 heteroatoms. The average Bonchev–Trinajstić information content (AvgIpc) is 3.29. The maximum absolute atomic E-state index is 12.4. The van der Waals surface area contributed by atoms with Gasteiger partial charge in [0.2, 0.25) is 11.8 Å². The van der Waals surface area contributed by atoms with Crippen LogP contribution in [0.3, 0.4) is 0 Å². The topological polar surface area (TPSA) is 113 Å². The van der Waals surface area contributed by atoms with Crippen molar-refractivity contribution in [1.82, 2.24) is 14.8 Å². The number of hydrogen-bond donors (Lipinski definition) is 2. The minimum atomic E-state index is -0.119. The Morgan fingerprint density at radius 2 is 1.94 bits per heavy atom. The van der Waals surface area contributed by atoms with Crippen molar-refractivity contribution >= 4 is 34.0 Å². The molecule has 0 saturated carbocycles. The molecule has 1 aromatic carbocycles. The van der Waals surface area contributed by atoms with E-state index in [4.69, 9.17) is 5.26 Å². The van der Waals surface area contributed by atoms with Crippen molar-refractivity contribution in [3.8, 4) is 17.3 Å². The lowest BCUT2D eigenvalue weighted by atomic mass is 10.1. The van der Waals surface area contributed by atoms with E-state index in [0.29, 0.717) is 30.9 Å². The summed E-state index contributed by atoms with van der Waals surface area (Å²) in [5.41, 5.74) is 5.33. The Labute approximate surface area is 184 Å². The zero-order valence-electron chi connectivity index (χ0n) is 17.7. The van der Waals surface area contributed by atoms with Crippen LogP contribution >= 0.6 is 11.3 Å². The van der Waals surface area contributed by atoms with Crippen molar-refractivity contribution in [2.75, 3.05) is 10.6 Å². The van der Waals surface area contributed by atoms with Gasteiger partial charge in [0, 0.05) is 35.7 Å². The van der Waals surface area contributed by atoms with E-state index in [9.17, 15) is 9.59 Å². The van der Waals surface area contributed by atoms with Gasteiger partial charge in [-0.25, -0.2) is 4.98 Å². The van der Waals surface area contributed by atoms with E-state index in [0.717, 1.165) is 33.9 Å². The van der Waals surface area contributed by atoms with Crippen molar-refractivity contribution in [3.05, 3.63) is 46.6 Å². The van der Waals surface area contributed by atoms with Crippen LogP contribution in [0.5, 0.6) is 0 Å². The van der Waals surface area contributed by atoms with Gasteiger partial charge in [-0.1, -0.05) is 12.1 Å². The number of nitrogens with zero attached hydrogens (tertiary/aromatic N) is 4. The van der Waals surface area contributed by atoms with Crippen molar-refractivity contribution in [3.63, 3.8) is 0 Å². The Morgan fingerprint density at radius 3 is 2.61 bits per heavy atom. The molecule has 31 heavy (non-hydrogen) atoms. The van der Waals surface area contributed by atoms with Gasteiger partial charge < -0.3 is 10.6 Å². The summed E-state index contributed by atoms with van der Waals surface area (Å²) in [7, 11) is 0. The molecular formula is C22H24N6O2S. The first-order valence-electron chi connectivity index (χ1n) is 9.90. The van der Waals surface area contributed by atoms with E-state index in [1.807, 2.05) is 48.2 Å². The van der Waals surface area contributed by atoms with Crippen molar-refractivity contribution in [1.29, 1.82) is 5.26 Å². The first-order chi connectivity index (χ1) is 14.9. The third-order valence-electron chi connectivity index (χ3n) is 4.82. The molecule has 0 radical (unpaired) electrons. The molecule has 3 aromatic rings. The van der Waals surface area contributed by atoms with E-state index in [-0.39, 0.29) is 11.8 Å². The molecule has 3 rings (SSSR count). The van der Waals surface area contributed by atoms with Gasteiger partial charge in [0.15, 0.2) is 5.13 Å². The van der Waals surface area contributed by atoms with E-state index < -0.39 is 0 Å². The summed E-state index contributed by atoms with van der Waals surface area (Å²) in [5.74, 6) is -0.225. The van der Waals surface area contributed by atoms with Gasteiger partial charge in [-0.15, -0.1) is 11.3 Å². The maximum atomic E-state index is 12.4. The smallest absolute Gasteiger partial charge is 0.226 e. The summed E-state index contributed by atoms with van der Waals surface area (Å²) in [6.45, 7) is 5.91. The summed E-state index contributed by atoms with van der Waals surface area (Å²) in [6, 6.07) is 9.51.